The Labute approximate surface area is 128 Å². The lowest BCUT2D eigenvalue weighted by Gasteiger charge is -2.14. The van der Waals surface area contributed by atoms with Crippen LogP contribution < -0.4 is 15.2 Å². The molecule has 2 aromatic rings. The number of ketones is 1. The van der Waals surface area contributed by atoms with Gasteiger partial charge in [0, 0.05) is 11.3 Å². The molecule has 2 rings (SSSR count). The summed E-state index contributed by atoms with van der Waals surface area (Å²) in [6, 6.07) is 8.50. The Bertz CT molecular complexity index is 698. The number of ether oxygens (including phenoxy) is 2. The second-order valence-electron chi connectivity index (χ2n) is 4.51. The average molecular weight is 306 g/mol. The van der Waals surface area contributed by atoms with E-state index in [1.807, 2.05) is 0 Å². The van der Waals surface area contributed by atoms with Gasteiger partial charge in [-0.2, -0.15) is 0 Å². The van der Waals surface area contributed by atoms with Gasteiger partial charge in [0.1, 0.15) is 10.8 Å². The molecule has 21 heavy (non-hydrogen) atoms. The number of hydrogen-bond acceptors (Lipinski definition) is 4. The van der Waals surface area contributed by atoms with Crippen LogP contribution in [0.4, 0.5) is 5.69 Å². The Morgan fingerprint density at radius 3 is 2.43 bits per heavy atom. The van der Waals surface area contributed by atoms with Crippen LogP contribution in [0.2, 0.25) is 5.02 Å². The first-order valence-electron chi connectivity index (χ1n) is 6.31. The van der Waals surface area contributed by atoms with Crippen LogP contribution in [0, 0.1) is 6.92 Å². The zero-order valence-corrected chi connectivity index (χ0v) is 12.8. The molecule has 0 saturated carbocycles. The van der Waals surface area contributed by atoms with Crippen molar-refractivity contribution in [2.24, 2.45) is 0 Å². The van der Waals surface area contributed by atoms with Crippen molar-refractivity contribution in [3.8, 4) is 11.5 Å². The van der Waals surface area contributed by atoms with Gasteiger partial charge in [-0.1, -0.05) is 23.7 Å². The van der Waals surface area contributed by atoms with Crippen molar-refractivity contribution in [3.05, 3.63) is 52.0 Å². The van der Waals surface area contributed by atoms with Crippen molar-refractivity contribution >= 4 is 23.1 Å². The predicted molar refractivity (Wildman–Crippen MR) is 83.6 cm³/mol. The minimum atomic E-state index is -0.193. The Balaban J connectivity index is 2.59. The molecule has 0 aliphatic heterocycles. The van der Waals surface area contributed by atoms with E-state index in [1.54, 1.807) is 37.3 Å². The molecule has 0 atom stereocenters. The van der Waals surface area contributed by atoms with Gasteiger partial charge in [-0.3, -0.25) is 4.79 Å². The molecule has 0 spiro atoms. The standard InChI is InChI=1S/C16H16ClNO3/c1-9-10(5-4-6-12(9)18)15(19)11-7-8-13(20-2)14(17)16(11)21-3/h4-8H,18H2,1-3H3. The van der Waals surface area contributed by atoms with Gasteiger partial charge in [0.05, 0.1) is 19.8 Å². The van der Waals surface area contributed by atoms with E-state index in [2.05, 4.69) is 0 Å². The van der Waals surface area contributed by atoms with Crippen LogP contribution in [-0.4, -0.2) is 20.0 Å². The molecular weight excluding hydrogens is 290 g/mol. The van der Waals surface area contributed by atoms with Crippen LogP contribution >= 0.6 is 11.6 Å². The van der Waals surface area contributed by atoms with Crippen molar-refractivity contribution in [1.29, 1.82) is 0 Å². The van der Waals surface area contributed by atoms with Crippen molar-refractivity contribution < 1.29 is 14.3 Å². The molecule has 0 aliphatic rings. The van der Waals surface area contributed by atoms with Crippen molar-refractivity contribution in [2.75, 3.05) is 20.0 Å². The molecule has 0 heterocycles. The molecule has 5 heteroatoms. The highest BCUT2D eigenvalue weighted by Gasteiger charge is 2.21. The van der Waals surface area contributed by atoms with Crippen LogP contribution in [0.15, 0.2) is 30.3 Å². The van der Waals surface area contributed by atoms with Gasteiger partial charge in [0.25, 0.3) is 0 Å². The highest BCUT2D eigenvalue weighted by Crippen LogP contribution is 2.38. The first-order chi connectivity index (χ1) is 10.0. The molecule has 0 radical (unpaired) electrons. The van der Waals surface area contributed by atoms with Gasteiger partial charge in [-0.15, -0.1) is 0 Å². The van der Waals surface area contributed by atoms with E-state index in [1.165, 1.54) is 14.2 Å². The van der Waals surface area contributed by atoms with Crippen molar-refractivity contribution in [1.82, 2.24) is 0 Å². The summed E-state index contributed by atoms with van der Waals surface area (Å²) < 4.78 is 10.4. The van der Waals surface area contributed by atoms with Crippen molar-refractivity contribution in [2.45, 2.75) is 6.92 Å². The summed E-state index contributed by atoms with van der Waals surface area (Å²) in [6.45, 7) is 1.81. The Morgan fingerprint density at radius 1 is 1.10 bits per heavy atom. The van der Waals surface area contributed by atoms with E-state index < -0.39 is 0 Å². The molecule has 0 saturated heterocycles. The number of carbonyl (C=O) groups excluding carboxylic acids is 1. The maximum Gasteiger partial charge on any atom is 0.197 e. The number of anilines is 1. The van der Waals surface area contributed by atoms with Gasteiger partial charge in [0.15, 0.2) is 11.5 Å². The molecule has 4 nitrogen and oxygen atoms in total. The minimum Gasteiger partial charge on any atom is -0.495 e. The highest BCUT2D eigenvalue weighted by molar-refractivity contribution is 6.34. The van der Waals surface area contributed by atoms with Crippen LogP contribution in [-0.2, 0) is 0 Å². The fourth-order valence-corrected chi connectivity index (χ4v) is 2.44. The summed E-state index contributed by atoms with van der Waals surface area (Å²) in [4.78, 5) is 12.7. The fourth-order valence-electron chi connectivity index (χ4n) is 2.12. The third-order valence-electron chi connectivity index (χ3n) is 3.35. The maximum absolute atomic E-state index is 12.7. The summed E-state index contributed by atoms with van der Waals surface area (Å²) in [5.74, 6) is 0.554. The number of nitrogen functional groups attached to an aromatic ring is 1. The molecule has 2 N–H and O–H groups in total. The van der Waals surface area contributed by atoms with E-state index in [-0.39, 0.29) is 10.8 Å². The number of methoxy groups -OCH3 is 2. The van der Waals surface area contributed by atoms with E-state index in [4.69, 9.17) is 26.8 Å². The number of hydrogen-bond donors (Lipinski definition) is 1. The molecule has 0 unspecified atom stereocenters. The first kappa shape index (κ1) is 15.2. The summed E-state index contributed by atoms with van der Waals surface area (Å²) in [5.41, 5.74) is 8.05. The number of rotatable bonds is 4. The lowest BCUT2D eigenvalue weighted by Crippen LogP contribution is -2.08. The number of carbonyl (C=O) groups is 1. The van der Waals surface area contributed by atoms with Gasteiger partial charge in [-0.25, -0.2) is 0 Å². The van der Waals surface area contributed by atoms with Crippen LogP contribution in [0.25, 0.3) is 0 Å². The maximum atomic E-state index is 12.7. The zero-order chi connectivity index (χ0) is 15.6. The average Bonchev–Trinajstić information content (AvgIpc) is 2.49. The van der Waals surface area contributed by atoms with Gasteiger partial charge >= 0.3 is 0 Å². The Kier molecular flexibility index (Phi) is 4.38. The molecule has 0 amide bonds. The molecule has 0 fully saturated rings. The first-order valence-corrected chi connectivity index (χ1v) is 6.69. The molecule has 0 aliphatic carbocycles. The summed E-state index contributed by atoms with van der Waals surface area (Å²) in [5, 5.41) is 0.271. The third kappa shape index (κ3) is 2.67. The molecule has 110 valence electrons. The van der Waals surface area contributed by atoms with E-state index in [0.717, 1.165) is 5.56 Å². The smallest absolute Gasteiger partial charge is 0.197 e. The Morgan fingerprint density at radius 2 is 1.81 bits per heavy atom. The minimum absolute atomic E-state index is 0.193. The van der Waals surface area contributed by atoms with E-state index in [0.29, 0.717) is 28.3 Å². The van der Waals surface area contributed by atoms with Gasteiger partial charge in [-0.05, 0) is 30.7 Å². The van der Waals surface area contributed by atoms with Crippen LogP contribution in [0.5, 0.6) is 11.5 Å². The van der Waals surface area contributed by atoms with Gasteiger partial charge in [0.2, 0.25) is 0 Å². The van der Waals surface area contributed by atoms with Crippen molar-refractivity contribution in [3.63, 3.8) is 0 Å². The SMILES string of the molecule is COc1ccc(C(=O)c2cccc(N)c2C)c(OC)c1Cl. The zero-order valence-electron chi connectivity index (χ0n) is 12.1. The number of benzene rings is 2. The molecule has 0 aromatic heterocycles. The lowest BCUT2D eigenvalue weighted by molar-refractivity contribution is 0.103. The normalized spacial score (nSPS) is 10.3. The molecule has 2 aromatic carbocycles. The second-order valence-corrected chi connectivity index (χ2v) is 4.89. The topological polar surface area (TPSA) is 61.5 Å². The third-order valence-corrected chi connectivity index (χ3v) is 3.71. The highest BCUT2D eigenvalue weighted by atomic mass is 35.5. The fraction of sp³-hybridized carbons (Fsp3) is 0.188. The van der Waals surface area contributed by atoms with Crippen LogP contribution in [0.1, 0.15) is 21.5 Å². The summed E-state index contributed by atoms with van der Waals surface area (Å²) >= 11 is 6.19. The van der Waals surface area contributed by atoms with Gasteiger partial charge < -0.3 is 15.2 Å². The molecular formula is C16H16ClNO3. The Hall–Kier alpha value is -2.20. The summed E-state index contributed by atoms with van der Waals surface area (Å²) in [6.07, 6.45) is 0. The van der Waals surface area contributed by atoms with E-state index >= 15 is 0 Å². The van der Waals surface area contributed by atoms with E-state index in [9.17, 15) is 4.79 Å². The van der Waals surface area contributed by atoms with Crippen LogP contribution in [0.3, 0.4) is 0 Å². The predicted octanol–water partition coefficient (Wildman–Crippen LogP) is 3.48. The monoisotopic (exact) mass is 305 g/mol. The quantitative estimate of drug-likeness (QED) is 0.694. The number of halogens is 1. The summed E-state index contributed by atoms with van der Waals surface area (Å²) in [7, 11) is 2.97. The lowest BCUT2D eigenvalue weighted by atomic mass is 9.97. The largest absolute Gasteiger partial charge is 0.495 e. The molecule has 0 bridgehead atoms. The second kappa shape index (κ2) is 6.06. The number of nitrogens with two attached hydrogens (primary N) is 1.